The van der Waals surface area contributed by atoms with E-state index in [-0.39, 0.29) is 5.69 Å². The van der Waals surface area contributed by atoms with Crippen molar-refractivity contribution < 1.29 is 8.78 Å². The van der Waals surface area contributed by atoms with Crippen LogP contribution >= 0.6 is 0 Å². The fraction of sp³-hybridized carbons (Fsp3) is 0.100. The van der Waals surface area contributed by atoms with Gasteiger partial charge in [0.1, 0.15) is 11.6 Å². The molecule has 1 aromatic carbocycles. The number of rotatable bonds is 1. The minimum Gasteiger partial charge on any atom is -0.310 e. The van der Waals surface area contributed by atoms with E-state index in [1.165, 1.54) is 12.3 Å². The first-order chi connectivity index (χ1) is 7.08. The normalized spacial score (nSPS) is 10.6. The number of hydrogen-bond acceptors (Lipinski definition) is 1. The van der Waals surface area contributed by atoms with Crippen molar-refractivity contribution in [2.75, 3.05) is 0 Å². The lowest BCUT2D eigenvalue weighted by molar-refractivity contribution is 0.577. The summed E-state index contributed by atoms with van der Waals surface area (Å²) < 4.78 is 27.0. The molecule has 0 fully saturated rings. The topological polar surface area (TPSA) is 37.8 Å². The molecule has 0 amide bonds. The quantitative estimate of drug-likeness (QED) is 0.765. The number of aryl methyl sites for hydroxylation is 1. The van der Waals surface area contributed by atoms with Gasteiger partial charge in [0.05, 0.1) is 5.69 Å². The van der Waals surface area contributed by atoms with Gasteiger partial charge in [-0.15, -0.1) is 0 Å². The number of nitrogens with zero attached hydrogens (tertiary/aromatic N) is 1. The van der Waals surface area contributed by atoms with Crippen LogP contribution in [0, 0.1) is 18.6 Å². The maximum absolute atomic E-state index is 13.3. The Morgan fingerprint density at radius 3 is 2.60 bits per heavy atom. The van der Waals surface area contributed by atoms with Crippen LogP contribution in [0.2, 0.25) is 0 Å². The number of nitrogens with one attached hydrogen (secondary N) is 1. The molecular weight excluding hydrogens is 202 g/mol. The fourth-order valence-corrected chi connectivity index (χ4v) is 1.37. The van der Waals surface area contributed by atoms with Crippen molar-refractivity contribution in [3.63, 3.8) is 0 Å². The van der Waals surface area contributed by atoms with E-state index in [1.54, 1.807) is 6.92 Å². The number of aromatic amines is 1. The van der Waals surface area contributed by atoms with Crippen molar-refractivity contribution in [1.29, 1.82) is 0 Å². The zero-order valence-electron chi connectivity index (χ0n) is 7.92. The van der Waals surface area contributed by atoms with Gasteiger partial charge < -0.3 is 4.98 Å². The first-order valence-electron chi connectivity index (χ1n) is 4.31. The Labute approximate surface area is 84.0 Å². The Balaban J connectivity index is 2.64. The molecule has 0 bridgehead atoms. The van der Waals surface area contributed by atoms with E-state index in [0.29, 0.717) is 5.69 Å². The minimum atomic E-state index is -0.767. The molecule has 0 saturated carbocycles. The summed E-state index contributed by atoms with van der Waals surface area (Å²) in [6.45, 7) is 1.68. The van der Waals surface area contributed by atoms with E-state index in [9.17, 15) is 13.6 Å². The second-order valence-corrected chi connectivity index (χ2v) is 3.21. The van der Waals surface area contributed by atoms with Crippen molar-refractivity contribution in [3.05, 3.63) is 52.2 Å². The molecule has 2 rings (SSSR count). The maximum atomic E-state index is 13.3. The van der Waals surface area contributed by atoms with Crippen LogP contribution in [0.5, 0.6) is 0 Å². The van der Waals surface area contributed by atoms with E-state index < -0.39 is 17.3 Å². The van der Waals surface area contributed by atoms with Gasteiger partial charge in [-0.1, -0.05) is 0 Å². The molecule has 3 nitrogen and oxygen atoms in total. The Morgan fingerprint density at radius 2 is 2.07 bits per heavy atom. The van der Waals surface area contributed by atoms with Gasteiger partial charge in [0.25, 0.3) is 0 Å². The molecule has 0 atom stereocenters. The number of halogens is 2. The summed E-state index contributed by atoms with van der Waals surface area (Å²) in [5.41, 5.74) is 0.201. The number of benzene rings is 1. The van der Waals surface area contributed by atoms with E-state index in [2.05, 4.69) is 4.98 Å². The molecule has 1 N–H and O–H groups in total. The van der Waals surface area contributed by atoms with Crippen LogP contribution in [-0.4, -0.2) is 9.55 Å². The summed E-state index contributed by atoms with van der Waals surface area (Å²) >= 11 is 0. The lowest BCUT2D eigenvalue weighted by atomic mass is 10.3. The molecule has 2 aromatic rings. The molecular formula is C10H8F2N2O. The average molecular weight is 210 g/mol. The van der Waals surface area contributed by atoms with E-state index >= 15 is 0 Å². The number of imidazole rings is 1. The van der Waals surface area contributed by atoms with Crippen LogP contribution in [-0.2, 0) is 0 Å². The summed E-state index contributed by atoms with van der Waals surface area (Å²) in [5.74, 6) is -1.44. The SMILES string of the molecule is Cc1cn(-c2ccc(F)cc2F)c(=O)[nH]1. The van der Waals surface area contributed by atoms with Crippen LogP contribution in [0.25, 0.3) is 5.69 Å². The van der Waals surface area contributed by atoms with Crippen molar-refractivity contribution >= 4 is 0 Å². The monoisotopic (exact) mass is 210 g/mol. The van der Waals surface area contributed by atoms with Crippen molar-refractivity contribution in [2.24, 2.45) is 0 Å². The van der Waals surface area contributed by atoms with Crippen LogP contribution in [0.4, 0.5) is 8.78 Å². The third kappa shape index (κ3) is 1.68. The van der Waals surface area contributed by atoms with Gasteiger partial charge in [0, 0.05) is 18.0 Å². The standard InChI is InChI=1S/C10H8F2N2O/c1-6-5-14(10(15)13-6)9-3-2-7(11)4-8(9)12/h2-5H,1H3,(H,13,15). The molecule has 0 aliphatic heterocycles. The number of hydrogen-bond donors (Lipinski definition) is 1. The molecule has 5 heteroatoms. The van der Waals surface area contributed by atoms with E-state index in [1.807, 2.05) is 0 Å². The van der Waals surface area contributed by atoms with Gasteiger partial charge in [0.15, 0.2) is 0 Å². The van der Waals surface area contributed by atoms with Gasteiger partial charge in [-0.25, -0.2) is 13.6 Å². The summed E-state index contributed by atoms with van der Waals surface area (Å²) in [7, 11) is 0. The van der Waals surface area contributed by atoms with Gasteiger partial charge in [0.2, 0.25) is 0 Å². The molecule has 0 aliphatic carbocycles. The molecule has 0 aliphatic rings. The van der Waals surface area contributed by atoms with Gasteiger partial charge in [-0.3, -0.25) is 4.57 Å². The molecule has 1 heterocycles. The Morgan fingerprint density at radius 1 is 1.33 bits per heavy atom. The maximum Gasteiger partial charge on any atom is 0.330 e. The second kappa shape index (κ2) is 3.34. The first kappa shape index (κ1) is 9.64. The molecule has 0 spiro atoms. The molecule has 1 aromatic heterocycles. The van der Waals surface area contributed by atoms with Crippen molar-refractivity contribution in [2.45, 2.75) is 6.92 Å². The molecule has 0 radical (unpaired) electrons. The highest BCUT2D eigenvalue weighted by Crippen LogP contribution is 2.12. The molecule has 15 heavy (non-hydrogen) atoms. The minimum absolute atomic E-state index is 0.0331. The summed E-state index contributed by atoms with van der Waals surface area (Å²) in [4.78, 5) is 13.8. The summed E-state index contributed by atoms with van der Waals surface area (Å²) in [6.07, 6.45) is 1.46. The highest BCUT2D eigenvalue weighted by atomic mass is 19.1. The predicted molar refractivity (Wildman–Crippen MR) is 51.0 cm³/mol. The first-order valence-corrected chi connectivity index (χ1v) is 4.31. The summed E-state index contributed by atoms with van der Waals surface area (Å²) in [6, 6.07) is 3.07. The highest BCUT2D eigenvalue weighted by molar-refractivity contribution is 5.34. The number of H-pyrrole nitrogens is 1. The Hall–Kier alpha value is -1.91. The average Bonchev–Trinajstić information content (AvgIpc) is 2.45. The highest BCUT2D eigenvalue weighted by Gasteiger charge is 2.08. The third-order valence-electron chi connectivity index (χ3n) is 2.01. The fourth-order valence-electron chi connectivity index (χ4n) is 1.37. The van der Waals surface area contributed by atoms with Crippen LogP contribution in [0.3, 0.4) is 0 Å². The van der Waals surface area contributed by atoms with Crippen molar-refractivity contribution in [1.82, 2.24) is 9.55 Å². The predicted octanol–water partition coefficient (Wildman–Crippen LogP) is 1.75. The molecule has 78 valence electrons. The van der Waals surface area contributed by atoms with Crippen molar-refractivity contribution in [3.8, 4) is 5.69 Å². The van der Waals surface area contributed by atoms with Crippen LogP contribution in [0.15, 0.2) is 29.2 Å². The lowest BCUT2D eigenvalue weighted by Gasteiger charge is -2.01. The Bertz CT molecular complexity index is 557. The Kier molecular flexibility index (Phi) is 2.15. The zero-order valence-corrected chi connectivity index (χ0v) is 7.92. The lowest BCUT2D eigenvalue weighted by Crippen LogP contribution is -2.15. The van der Waals surface area contributed by atoms with E-state index in [0.717, 1.165) is 16.7 Å². The molecule has 0 unspecified atom stereocenters. The second-order valence-electron chi connectivity index (χ2n) is 3.21. The van der Waals surface area contributed by atoms with E-state index in [4.69, 9.17) is 0 Å². The smallest absolute Gasteiger partial charge is 0.310 e. The van der Waals surface area contributed by atoms with Crippen LogP contribution in [0.1, 0.15) is 5.69 Å². The molecule has 0 saturated heterocycles. The van der Waals surface area contributed by atoms with Gasteiger partial charge in [-0.05, 0) is 19.1 Å². The van der Waals surface area contributed by atoms with Gasteiger partial charge in [-0.2, -0.15) is 0 Å². The largest absolute Gasteiger partial charge is 0.330 e. The number of aromatic nitrogens is 2. The van der Waals surface area contributed by atoms with Gasteiger partial charge >= 0.3 is 5.69 Å². The third-order valence-corrected chi connectivity index (χ3v) is 2.01. The zero-order chi connectivity index (χ0) is 11.0. The van der Waals surface area contributed by atoms with Crippen LogP contribution < -0.4 is 5.69 Å². The summed E-state index contributed by atoms with van der Waals surface area (Å²) in [5, 5.41) is 0.